The van der Waals surface area contributed by atoms with Gasteiger partial charge in [-0.15, -0.1) is 0 Å². The van der Waals surface area contributed by atoms with Crippen LogP contribution in [0.3, 0.4) is 0 Å². The third-order valence-electron chi connectivity index (χ3n) is 5.13. The smallest absolute Gasteiger partial charge is 0.160 e. The first-order chi connectivity index (χ1) is 13.6. The molecule has 4 nitrogen and oxygen atoms in total. The molecule has 0 saturated carbocycles. The normalized spacial score (nSPS) is 23.8. The molecule has 3 atom stereocenters. The number of aromatic nitrogens is 2. The van der Waals surface area contributed by atoms with Crippen molar-refractivity contribution < 1.29 is 0 Å². The van der Waals surface area contributed by atoms with E-state index in [2.05, 4.69) is 39.6 Å². The van der Waals surface area contributed by atoms with Crippen molar-refractivity contribution >= 4 is 40.1 Å². The number of thioether (sulfide) groups is 1. The van der Waals surface area contributed by atoms with Crippen LogP contribution in [-0.2, 0) is 0 Å². The summed E-state index contributed by atoms with van der Waals surface area (Å²) in [5, 5.41) is 2.88. The molecule has 0 unspecified atom stereocenters. The molecule has 5 rings (SSSR count). The molecule has 0 aliphatic carbocycles. The molecule has 0 amide bonds. The van der Waals surface area contributed by atoms with Gasteiger partial charge in [0.25, 0.3) is 0 Å². The van der Waals surface area contributed by atoms with Gasteiger partial charge in [-0.05, 0) is 42.5 Å². The fraction of sp³-hybridized carbons (Fsp3) is 0.238. The van der Waals surface area contributed by atoms with Crippen molar-refractivity contribution in [2.45, 2.75) is 24.3 Å². The number of aliphatic imine (C=N–C) groups is 1. The molecular formula is C21H18Cl2N4S. The molecule has 7 heteroatoms. The minimum atomic E-state index is -0.0454. The van der Waals surface area contributed by atoms with Crippen molar-refractivity contribution in [1.82, 2.24) is 14.5 Å². The van der Waals surface area contributed by atoms with E-state index in [1.165, 1.54) is 0 Å². The van der Waals surface area contributed by atoms with E-state index in [0.717, 1.165) is 28.8 Å². The van der Waals surface area contributed by atoms with Gasteiger partial charge in [-0.2, -0.15) is 0 Å². The maximum atomic E-state index is 6.52. The van der Waals surface area contributed by atoms with Gasteiger partial charge in [-0.25, -0.2) is 0 Å². The van der Waals surface area contributed by atoms with Gasteiger partial charge >= 0.3 is 0 Å². The van der Waals surface area contributed by atoms with Gasteiger partial charge in [0.2, 0.25) is 0 Å². The Bertz CT molecular complexity index is 1050. The van der Waals surface area contributed by atoms with E-state index in [1.807, 2.05) is 48.4 Å². The monoisotopic (exact) mass is 428 g/mol. The first-order valence-corrected chi connectivity index (χ1v) is 10.8. The second-order valence-corrected chi connectivity index (χ2v) is 9.28. The fourth-order valence-electron chi connectivity index (χ4n) is 3.97. The Hall–Kier alpha value is -1.95. The van der Waals surface area contributed by atoms with Crippen molar-refractivity contribution in [2.75, 3.05) is 6.54 Å². The summed E-state index contributed by atoms with van der Waals surface area (Å²) in [6, 6.07) is 15.9. The average molecular weight is 429 g/mol. The van der Waals surface area contributed by atoms with Crippen molar-refractivity contribution in [1.29, 1.82) is 0 Å². The molecular weight excluding hydrogens is 411 g/mol. The largest absolute Gasteiger partial charge is 0.339 e. The third-order valence-corrected chi connectivity index (χ3v) is 6.77. The minimum Gasteiger partial charge on any atom is -0.339 e. The highest BCUT2D eigenvalue weighted by Gasteiger charge is 2.44. The van der Waals surface area contributed by atoms with E-state index in [-0.39, 0.29) is 12.1 Å². The van der Waals surface area contributed by atoms with Crippen LogP contribution in [0.15, 0.2) is 65.9 Å². The second kappa shape index (κ2) is 7.14. The molecule has 1 saturated heterocycles. The number of hydrogen-bond donors (Lipinski definition) is 0. The standard InChI is InChI=1S/C21H18Cl2N4S/c1-13-12-27-20(19(25-21(27)28-13)16-5-2-3-9-24-16)18-6-4-10-26(18)17-8-7-14(22)11-15(17)23/h2-11,13,19-20H,12H2,1H3/t13-,19+,20-/m1/s1. The highest BCUT2D eigenvalue weighted by Crippen LogP contribution is 2.48. The zero-order valence-corrected chi connectivity index (χ0v) is 17.5. The van der Waals surface area contributed by atoms with Crippen LogP contribution < -0.4 is 0 Å². The maximum Gasteiger partial charge on any atom is 0.160 e. The van der Waals surface area contributed by atoms with Gasteiger partial charge in [-0.1, -0.05) is 48.0 Å². The molecule has 2 aliphatic rings. The van der Waals surface area contributed by atoms with Crippen LogP contribution in [0.5, 0.6) is 0 Å². The third kappa shape index (κ3) is 3.02. The predicted molar refractivity (Wildman–Crippen MR) is 117 cm³/mol. The van der Waals surface area contributed by atoms with Gasteiger partial charge in [0.15, 0.2) is 5.17 Å². The lowest BCUT2D eigenvalue weighted by Crippen LogP contribution is -2.30. The van der Waals surface area contributed by atoms with Gasteiger partial charge in [-0.3, -0.25) is 9.98 Å². The Kier molecular flexibility index (Phi) is 4.62. The summed E-state index contributed by atoms with van der Waals surface area (Å²) in [7, 11) is 0. The molecule has 4 heterocycles. The summed E-state index contributed by atoms with van der Waals surface area (Å²) in [4.78, 5) is 12.1. The Morgan fingerprint density at radius 1 is 1.11 bits per heavy atom. The van der Waals surface area contributed by atoms with Crippen LogP contribution in [0.1, 0.15) is 30.4 Å². The number of pyridine rings is 1. The quantitative estimate of drug-likeness (QED) is 0.530. The molecule has 142 valence electrons. The number of halogens is 2. The van der Waals surface area contributed by atoms with Gasteiger partial charge in [0, 0.05) is 34.9 Å². The summed E-state index contributed by atoms with van der Waals surface area (Å²) in [6.07, 6.45) is 3.88. The van der Waals surface area contributed by atoms with E-state index in [0.29, 0.717) is 15.3 Å². The molecule has 28 heavy (non-hydrogen) atoms. The van der Waals surface area contributed by atoms with E-state index in [4.69, 9.17) is 28.2 Å². The van der Waals surface area contributed by atoms with Gasteiger partial charge < -0.3 is 9.47 Å². The van der Waals surface area contributed by atoms with Crippen LogP contribution in [-0.4, -0.2) is 31.4 Å². The summed E-state index contributed by atoms with van der Waals surface area (Å²) < 4.78 is 2.14. The summed E-state index contributed by atoms with van der Waals surface area (Å²) >= 11 is 14.5. The fourth-order valence-corrected chi connectivity index (χ4v) is 5.56. The number of rotatable bonds is 3. The van der Waals surface area contributed by atoms with Crippen molar-refractivity contribution in [3.8, 4) is 5.69 Å². The molecule has 0 spiro atoms. The average Bonchev–Trinajstić information content (AvgIpc) is 3.36. The molecule has 0 bridgehead atoms. The highest BCUT2D eigenvalue weighted by molar-refractivity contribution is 8.14. The van der Waals surface area contributed by atoms with Crippen molar-refractivity contribution in [3.05, 3.63) is 82.4 Å². The van der Waals surface area contributed by atoms with Crippen LogP contribution in [0, 0.1) is 0 Å². The summed E-state index contributed by atoms with van der Waals surface area (Å²) in [5.41, 5.74) is 3.05. The Morgan fingerprint density at radius 3 is 2.79 bits per heavy atom. The van der Waals surface area contributed by atoms with Crippen molar-refractivity contribution in [2.24, 2.45) is 4.99 Å². The van der Waals surface area contributed by atoms with Crippen LogP contribution in [0.4, 0.5) is 0 Å². The van der Waals surface area contributed by atoms with E-state index >= 15 is 0 Å². The Balaban J connectivity index is 1.62. The lowest BCUT2D eigenvalue weighted by Gasteiger charge is -2.28. The number of benzene rings is 1. The number of fused-ring (bicyclic) bond motifs is 1. The van der Waals surface area contributed by atoms with Gasteiger partial charge in [0.05, 0.1) is 22.4 Å². The number of hydrogen-bond acceptors (Lipinski definition) is 4. The molecule has 2 aliphatic heterocycles. The minimum absolute atomic E-state index is 0.0454. The zero-order valence-electron chi connectivity index (χ0n) is 15.2. The van der Waals surface area contributed by atoms with Crippen LogP contribution in [0.2, 0.25) is 10.0 Å². The molecule has 1 fully saturated rings. The Morgan fingerprint density at radius 2 is 2.00 bits per heavy atom. The number of nitrogens with zero attached hydrogens (tertiary/aromatic N) is 4. The topological polar surface area (TPSA) is 33.4 Å². The SMILES string of the molecule is C[C@@H]1CN2C(=N[C@@H](c3ccccn3)[C@H]2c2cccn2-c2ccc(Cl)cc2Cl)S1. The van der Waals surface area contributed by atoms with E-state index in [1.54, 1.807) is 6.07 Å². The Labute approximate surface area is 178 Å². The summed E-state index contributed by atoms with van der Waals surface area (Å²) in [5.74, 6) is 0. The number of amidine groups is 1. The van der Waals surface area contributed by atoms with Gasteiger partial charge in [0.1, 0.15) is 6.04 Å². The van der Waals surface area contributed by atoms with E-state index < -0.39 is 0 Å². The first kappa shape index (κ1) is 18.1. The van der Waals surface area contributed by atoms with Crippen LogP contribution in [0.25, 0.3) is 5.69 Å². The second-order valence-electron chi connectivity index (χ2n) is 7.04. The van der Waals surface area contributed by atoms with Crippen LogP contribution >= 0.6 is 35.0 Å². The zero-order chi connectivity index (χ0) is 19.3. The highest BCUT2D eigenvalue weighted by atomic mass is 35.5. The van der Waals surface area contributed by atoms with Crippen molar-refractivity contribution in [3.63, 3.8) is 0 Å². The molecule has 1 aromatic carbocycles. The lowest BCUT2D eigenvalue weighted by atomic mass is 10.0. The molecule has 2 aromatic heterocycles. The summed E-state index contributed by atoms with van der Waals surface area (Å²) in [6.45, 7) is 3.21. The first-order valence-electron chi connectivity index (χ1n) is 9.16. The maximum absolute atomic E-state index is 6.52. The molecule has 0 radical (unpaired) electrons. The molecule has 3 aromatic rings. The molecule has 0 N–H and O–H groups in total. The van der Waals surface area contributed by atoms with E-state index in [9.17, 15) is 0 Å². The predicted octanol–water partition coefficient (Wildman–Crippen LogP) is 5.77. The lowest BCUT2D eigenvalue weighted by molar-refractivity contribution is 0.312.